The van der Waals surface area contributed by atoms with Crippen molar-refractivity contribution in [2.45, 2.75) is 12.7 Å². The quantitative estimate of drug-likeness (QED) is 0.922. The van der Waals surface area contributed by atoms with Crippen LogP contribution in [-0.2, 0) is 12.7 Å². The molecule has 1 aromatic heterocycles. The van der Waals surface area contributed by atoms with E-state index < -0.39 is 11.7 Å². The van der Waals surface area contributed by atoms with Crippen LogP contribution in [0.3, 0.4) is 0 Å². The summed E-state index contributed by atoms with van der Waals surface area (Å²) in [6, 6.07) is 5.82. The average Bonchev–Trinajstić information content (AvgIpc) is 2.83. The molecule has 0 atom stereocenters. The summed E-state index contributed by atoms with van der Waals surface area (Å²) in [5.74, 6) is 0. The lowest BCUT2D eigenvalue weighted by Gasteiger charge is -2.15. The van der Waals surface area contributed by atoms with Crippen LogP contribution in [0.5, 0.6) is 0 Å². The van der Waals surface area contributed by atoms with Crippen molar-refractivity contribution in [3.8, 4) is 0 Å². The number of nitrogens with zero attached hydrogens (tertiary/aromatic N) is 2. The van der Waals surface area contributed by atoms with Gasteiger partial charge in [-0.15, -0.1) is 0 Å². The molecule has 3 nitrogen and oxygen atoms in total. The maximum absolute atomic E-state index is 12.9. The molecule has 0 aliphatic heterocycles. The largest absolute Gasteiger partial charge is 0.418 e. The number of aromatic nitrogens is 2. The molecule has 0 amide bonds. The zero-order valence-electron chi connectivity index (χ0n) is 9.78. The van der Waals surface area contributed by atoms with Crippen molar-refractivity contribution in [3.63, 3.8) is 0 Å². The maximum atomic E-state index is 12.9. The summed E-state index contributed by atoms with van der Waals surface area (Å²) in [4.78, 5) is 0. The fourth-order valence-corrected chi connectivity index (χ4v) is 2.00. The number of anilines is 1. The highest BCUT2D eigenvalue weighted by atomic mass is 79.9. The molecule has 0 unspecified atom stereocenters. The van der Waals surface area contributed by atoms with Gasteiger partial charge in [0.25, 0.3) is 0 Å². The van der Waals surface area contributed by atoms with E-state index in [2.05, 4.69) is 26.3 Å². The summed E-state index contributed by atoms with van der Waals surface area (Å²) in [5.41, 5.74) is -0.606. The van der Waals surface area contributed by atoms with Gasteiger partial charge in [0.15, 0.2) is 0 Å². The smallest absolute Gasteiger partial charge is 0.383 e. The zero-order chi connectivity index (χ0) is 13.9. The molecule has 0 spiro atoms. The predicted molar refractivity (Wildman–Crippen MR) is 69.9 cm³/mol. The molecule has 0 fully saturated rings. The topological polar surface area (TPSA) is 29.9 Å². The number of nitrogens with one attached hydrogen (secondary N) is 1. The van der Waals surface area contributed by atoms with Crippen molar-refractivity contribution in [1.29, 1.82) is 0 Å². The molecule has 2 rings (SSSR count). The Morgan fingerprint density at radius 2 is 2.11 bits per heavy atom. The van der Waals surface area contributed by atoms with E-state index in [0.29, 0.717) is 17.6 Å². The fraction of sp³-hybridized carbons (Fsp3) is 0.250. The van der Waals surface area contributed by atoms with Gasteiger partial charge in [0, 0.05) is 29.1 Å². The number of rotatable bonds is 4. The van der Waals surface area contributed by atoms with Gasteiger partial charge in [-0.05, 0) is 24.3 Å². The first-order valence-electron chi connectivity index (χ1n) is 5.55. The Labute approximate surface area is 116 Å². The number of halogens is 4. The van der Waals surface area contributed by atoms with Crippen molar-refractivity contribution >= 4 is 21.6 Å². The number of hydrogen-bond donors (Lipinski definition) is 1. The van der Waals surface area contributed by atoms with E-state index in [0.717, 1.165) is 6.07 Å². The Morgan fingerprint density at radius 1 is 1.32 bits per heavy atom. The first-order valence-corrected chi connectivity index (χ1v) is 6.34. The van der Waals surface area contributed by atoms with E-state index in [4.69, 9.17) is 0 Å². The summed E-state index contributed by atoms with van der Waals surface area (Å²) in [6.07, 6.45) is -0.994. The van der Waals surface area contributed by atoms with Crippen molar-refractivity contribution in [2.75, 3.05) is 11.9 Å². The lowest BCUT2D eigenvalue weighted by atomic mass is 10.1. The standard InChI is InChI=1S/C12H11BrF3N3/c13-9-2-3-11(10(8-9)12(14,15)16)17-5-7-19-6-1-4-18-19/h1-4,6,8,17H,5,7H2. The second-order valence-electron chi connectivity index (χ2n) is 3.88. The van der Waals surface area contributed by atoms with Gasteiger partial charge < -0.3 is 5.32 Å². The normalized spacial score (nSPS) is 11.6. The van der Waals surface area contributed by atoms with E-state index in [1.807, 2.05) is 0 Å². The van der Waals surface area contributed by atoms with Gasteiger partial charge in [-0.2, -0.15) is 18.3 Å². The molecule has 1 aromatic carbocycles. The highest BCUT2D eigenvalue weighted by Crippen LogP contribution is 2.36. The van der Waals surface area contributed by atoms with Crippen LogP contribution in [0.25, 0.3) is 0 Å². The molecule has 0 bridgehead atoms. The Hall–Kier alpha value is -1.50. The van der Waals surface area contributed by atoms with Crippen molar-refractivity contribution in [3.05, 3.63) is 46.7 Å². The first-order chi connectivity index (χ1) is 8.97. The predicted octanol–water partition coefficient (Wildman–Crippen LogP) is 3.78. The minimum atomic E-state index is -4.38. The van der Waals surface area contributed by atoms with Gasteiger partial charge in [0.1, 0.15) is 0 Å². The van der Waals surface area contributed by atoms with Crippen LogP contribution >= 0.6 is 15.9 Å². The Kier molecular flexibility index (Phi) is 4.14. The molecular formula is C12H11BrF3N3. The van der Waals surface area contributed by atoms with E-state index >= 15 is 0 Å². The molecule has 19 heavy (non-hydrogen) atoms. The minimum Gasteiger partial charge on any atom is -0.383 e. The Morgan fingerprint density at radius 3 is 2.74 bits per heavy atom. The third-order valence-corrected chi connectivity index (χ3v) is 3.00. The molecule has 0 radical (unpaired) electrons. The van der Waals surface area contributed by atoms with Gasteiger partial charge in [-0.1, -0.05) is 15.9 Å². The monoisotopic (exact) mass is 333 g/mol. The van der Waals surface area contributed by atoms with Gasteiger partial charge in [-0.25, -0.2) is 0 Å². The van der Waals surface area contributed by atoms with Crippen LogP contribution in [0.15, 0.2) is 41.1 Å². The number of alkyl halides is 3. The van der Waals surface area contributed by atoms with E-state index in [1.165, 1.54) is 6.07 Å². The van der Waals surface area contributed by atoms with E-state index in [1.54, 1.807) is 29.2 Å². The van der Waals surface area contributed by atoms with Gasteiger partial charge in [-0.3, -0.25) is 4.68 Å². The summed E-state index contributed by atoms with van der Waals surface area (Å²) in [5, 5.41) is 6.76. The molecule has 1 N–H and O–H groups in total. The maximum Gasteiger partial charge on any atom is 0.418 e. The number of hydrogen-bond acceptors (Lipinski definition) is 2. The third-order valence-electron chi connectivity index (χ3n) is 2.50. The molecule has 2 aromatic rings. The molecule has 0 aliphatic rings. The van der Waals surface area contributed by atoms with Crippen molar-refractivity contribution < 1.29 is 13.2 Å². The fourth-order valence-electron chi connectivity index (χ4n) is 1.64. The van der Waals surface area contributed by atoms with Crippen LogP contribution in [0.2, 0.25) is 0 Å². The Bertz CT molecular complexity index is 538. The summed E-state index contributed by atoms with van der Waals surface area (Å²) in [6.45, 7) is 0.868. The molecule has 0 saturated carbocycles. The average molecular weight is 334 g/mol. The SMILES string of the molecule is FC(F)(F)c1cc(Br)ccc1NCCn1cccn1. The summed E-state index contributed by atoms with van der Waals surface area (Å²) >= 11 is 3.05. The van der Waals surface area contributed by atoms with Crippen molar-refractivity contribution in [2.24, 2.45) is 0 Å². The zero-order valence-corrected chi connectivity index (χ0v) is 11.4. The van der Waals surface area contributed by atoms with Gasteiger partial charge in [0.2, 0.25) is 0 Å². The molecular weight excluding hydrogens is 323 g/mol. The highest BCUT2D eigenvalue weighted by molar-refractivity contribution is 9.10. The Balaban J connectivity index is 2.07. The lowest BCUT2D eigenvalue weighted by Crippen LogP contribution is -2.15. The first kappa shape index (κ1) is 13.9. The van der Waals surface area contributed by atoms with Crippen LogP contribution in [0.1, 0.15) is 5.56 Å². The van der Waals surface area contributed by atoms with Crippen LogP contribution in [0, 0.1) is 0 Å². The summed E-state index contributed by atoms with van der Waals surface area (Å²) in [7, 11) is 0. The van der Waals surface area contributed by atoms with Crippen LogP contribution < -0.4 is 5.32 Å². The highest BCUT2D eigenvalue weighted by Gasteiger charge is 2.33. The lowest BCUT2D eigenvalue weighted by molar-refractivity contribution is -0.137. The second-order valence-corrected chi connectivity index (χ2v) is 4.80. The van der Waals surface area contributed by atoms with Crippen LogP contribution in [0.4, 0.5) is 18.9 Å². The molecule has 1 heterocycles. The summed E-state index contributed by atoms with van der Waals surface area (Å²) < 4.78 is 40.6. The van der Waals surface area contributed by atoms with Gasteiger partial charge in [0.05, 0.1) is 12.1 Å². The molecule has 0 aliphatic carbocycles. The molecule has 102 valence electrons. The van der Waals surface area contributed by atoms with Gasteiger partial charge >= 0.3 is 6.18 Å². The van der Waals surface area contributed by atoms with E-state index in [-0.39, 0.29) is 5.69 Å². The van der Waals surface area contributed by atoms with Crippen molar-refractivity contribution in [1.82, 2.24) is 9.78 Å². The second kappa shape index (κ2) is 5.64. The number of benzene rings is 1. The van der Waals surface area contributed by atoms with E-state index in [9.17, 15) is 13.2 Å². The third kappa shape index (κ3) is 3.73. The molecule has 0 saturated heterocycles. The van der Waals surface area contributed by atoms with Crippen LogP contribution in [-0.4, -0.2) is 16.3 Å². The molecule has 7 heteroatoms. The minimum absolute atomic E-state index is 0.0721.